The summed E-state index contributed by atoms with van der Waals surface area (Å²) in [4.78, 5) is 24.4. The fourth-order valence-corrected chi connectivity index (χ4v) is 3.27. The highest BCUT2D eigenvalue weighted by Gasteiger charge is 2.26. The van der Waals surface area contributed by atoms with E-state index in [1.165, 1.54) is 13.8 Å². The van der Waals surface area contributed by atoms with Gasteiger partial charge < -0.3 is 25.6 Å². The molecule has 3 rings (SSSR count). The lowest BCUT2D eigenvalue weighted by molar-refractivity contribution is -0.127. The fourth-order valence-electron chi connectivity index (χ4n) is 3.05. The second kappa shape index (κ2) is 12.3. The molecule has 1 fully saturated rings. The number of hydrogen-bond donors (Lipinski definition) is 4. The SMILES string of the molecule is CC(C)(O)O.N#Cc1ccc(C(=O)NCC2COC(CNC(=O)c3ccccc3Cl)C2)cc1. The van der Waals surface area contributed by atoms with Crippen LogP contribution in [-0.2, 0) is 4.74 Å². The molecular formula is C24H28ClN3O5. The van der Waals surface area contributed by atoms with E-state index in [4.69, 9.17) is 31.8 Å². The fraction of sp³-hybridized carbons (Fsp3) is 0.375. The van der Waals surface area contributed by atoms with Gasteiger partial charge in [-0.25, -0.2) is 0 Å². The maximum atomic E-state index is 12.2. The van der Waals surface area contributed by atoms with Crippen molar-refractivity contribution in [2.75, 3.05) is 19.7 Å². The Morgan fingerprint density at radius 3 is 2.30 bits per heavy atom. The molecule has 176 valence electrons. The molecule has 0 aliphatic carbocycles. The molecule has 2 aromatic carbocycles. The van der Waals surface area contributed by atoms with Crippen LogP contribution in [0.5, 0.6) is 0 Å². The first-order valence-corrected chi connectivity index (χ1v) is 10.8. The lowest BCUT2D eigenvalue weighted by atomic mass is 10.1. The summed E-state index contributed by atoms with van der Waals surface area (Å²) in [5.41, 5.74) is 1.47. The van der Waals surface area contributed by atoms with Gasteiger partial charge >= 0.3 is 0 Å². The number of carbonyl (C=O) groups is 2. The average molecular weight is 474 g/mol. The Balaban J connectivity index is 0.000000696. The van der Waals surface area contributed by atoms with Gasteiger partial charge in [0.1, 0.15) is 0 Å². The highest BCUT2D eigenvalue weighted by atomic mass is 35.5. The number of rotatable bonds is 6. The molecule has 2 atom stereocenters. The number of nitrogens with zero attached hydrogens (tertiary/aromatic N) is 1. The van der Waals surface area contributed by atoms with Crippen molar-refractivity contribution in [1.29, 1.82) is 5.26 Å². The second-order valence-corrected chi connectivity index (χ2v) is 8.55. The Labute approximate surface area is 198 Å². The topological polar surface area (TPSA) is 132 Å². The molecule has 2 amide bonds. The van der Waals surface area contributed by atoms with Gasteiger partial charge in [-0.2, -0.15) is 5.26 Å². The van der Waals surface area contributed by atoms with Gasteiger partial charge in [0.15, 0.2) is 5.79 Å². The molecule has 0 bridgehead atoms. The van der Waals surface area contributed by atoms with Crippen LogP contribution in [0.2, 0.25) is 5.02 Å². The molecule has 1 aliphatic rings. The van der Waals surface area contributed by atoms with E-state index in [0.29, 0.717) is 41.4 Å². The number of hydrogen-bond acceptors (Lipinski definition) is 6. The Morgan fingerprint density at radius 2 is 1.70 bits per heavy atom. The van der Waals surface area contributed by atoms with Crippen LogP contribution in [0.15, 0.2) is 48.5 Å². The van der Waals surface area contributed by atoms with Gasteiger partial charge in [-0.1, -0.05) is 23.7 Å². The summed E-state index contributed by atoms with van der Waals surface area (Å²) >= 11 is 6.03. The minimum Gasteiger partial charge on any atom is -0.376 e. The first kappa shape index (κ1) is 26.3. The zero-order valence-electron chi connectivity index (χ0n) is 18.5. The molecule has 0 radical (unpaired) electrons. The Hall–Kier alpha value is -2.96. The average Bonchev–Trinajstić information content (AvgIpc) is 3.23. The van der Waals surface area contributed by atoms with E-state index >= 15 is 0 Å². The summed E-state index contributed by atoms with van der Waals surface area (Å²) < 4.78 is 5.72. The standard InChI is InChI=1S/C21H20ClN3O3.C3H8O2/c22-19-4-2-1-3-18(19)21(27)25-12-17-9-15(13-28-17)11-24-20(26)16-7-5-14(10-23)6-8-16;1-3(2,4)5/h1-8,15,17H,9,11-13H2,(H,24,26)(H,25,27);4-5H,1-2H3. The first-order valence-electron chi connectivity index (χ1n) is 10.4. The van der Waals surface area contributed by atoms with Crippen molar-refractivity contribution in [3.05, 3.63) is 70.2 Å². The molecule has 0 aromatic heterocycles. The molecule has 2 unspecified atom stereocenters. The number of ether oxygens (including phenoxy) is 1. The molecule has 1 aliphatic heterocycles. The molecule has 0 spiro atoms. The van der Waals surface area contributed by atoms with Gasteiger partial charge in [0.25, 0.3) is 11.8 Å². The Kier molecular flexibility index (Phi) is 9.82. The predicted octanol–water partition coefficient (Wildman–Crippen LogP) is 2.48. The van der Waals surface area contributed by atoms with Crippen LogP contribution in [0.3, 0.4) is 0 Å². The van der Waals surface area contributed by atoms with Crippen LogP contribution < -0.4 is 10.6 Å². The highest BCUT2D eigenvalue weighted by Crippen LogP contribution is 2.19. The van der Waals surface area contributed by atoms with E-state index in [1.807, 2.05) is 6.07 Å². The summed E-state index contributed by atoms with van der Waals surface area (Å²) in [6.45, 7) is 4.01. The van der Waals surface area contributed by atoms with E-state index < -0.39 is 5.79 Å². The largest absolute Gasteiger partial charge is 0.376 e. The van der Waals surface area contributed by atoms with Crippen molar-refractivity contribution in [1.82, 2.24) is 10.6 Å². The molecule has 4 N–H and O–H groups in total. The number of nitriles is 1. The van der Waals surface area contributed by atoms with Crippen molar-refractivity contribution in [3.63, 3.8) is 0 Å². The minimum atomic E-state index is -1.50. The zero-order valence-corrected chi connectivity index (χ0v) is 19.3. The molecule has 1 saturated heterocycles. The summed E-state index contributed by atoms with van der Waals surface area (Å²) in [5.74, 6) is -1.73. The van der Waals surface area contributed by atoms with E-state index in [-0.39, 0.29) is 23.8 Å². The summed E-state index contributed by atoms with van der Waals surface area (Å²) in [6.07, 6.45) is 0.652. The van der Waals surface area contributed by atoms with Gasteiger partial charge in [0, 0.05) is 24.6 Å². The monoisotopic (exact) mass is 473 g/mol. The van der Waals surface area contributed by atoms with Crippen LogP contribution in [-0.4, -0.2) is 53.6 Å². The third-order valence-corrected chi connectivity index (χ3v) is 4.93. The lowest BCUT2D eigenvalue weighted by Gasteiger charge is -2.12. The minimum absolute atomic E-state index is 0.0942. The highest BCUT2D eigenvalue weighted by molar-refractivity contribution is 6.33. The molecule has 2 aromatic rings. The van der Waals surface area contributed by atoms with Gasteiger partial charge in [0.05, 0.1) is 34.9 Å². The Morgan fingerprint density at radius 1 is 1.09 bits per heavy atom. The summed E-state index contributed by atoms with van der Waals surface area (Å²) in [6, 6.07) is 15.4. The van der Waals surface area contributed by atoms with Crippen molar-refractivity contribution in [2.45, 2.75) is 32.2 Å². The van der Waals surface area contributed by atoms with Gasteiger partial charge in [-0.15, -0.1) is 0 Å². The maximum Gasteiger partial charge on any atom is 0.252 e. The number of halogens is 1. The third-order valence-electron chi connectivity index (χ3n) is 4.60. The second-order valence-electron chi connectivity index (χ2n) is 8.14. The van der Waals surface area contributed by atoms with Crippen molar-refractivity contribution in [3.8, 4) is 6.07 Å². The molecule has 33 heavy (non-hydrogen) atoms. The van der Waals surface area contributed by atoms with Gasteiger partial charge in [0.2, 0.25) is 0 Å². The zero-order chi connectivity index (χ0) is 24.4. The number of benzene rings is 2. The van der Waals surface area contributed by atoms with E-state index in [1.54, 1.807) is 48.5 Å². The smallest absolute Gasteiger partial charge is 0.252 e. The van der Waals surface area contributed by atoms with E-state index in [9.17, 15) is 9.59 Å². The third kappa shape index (κ3) is 9.60. The Bertz CT molecular complexity index is 977. The lowest BCUT2D eigenvalue weighted by Crippen LogP contribution is -2.32. The molecule has 1 heterocycles. The first-order chi connectivity index (χ1) is 15.6. The normalized spacial score (nSPS) is 17.3. The van der Waals surface area contributed by atoms with Gasteiger partial charge in [-0.3, -0.25) is 9.59 Å². The number of nitrogens with one attached hydrogen (secondary N) is 2. The van der Waals surface area contributed by atoms with Crippen LogP contribution >= 0.6 is 11.6 Å². The van der Waals surface area contributed by atoms with E-state index in [2.05, 4.69) is 10.6 Å². The van der Waals surface area contributed by atoms with E-state index in [0.717, 1.165) is 6.42 Å². The van der Waals surface area contributed by atoms with Crippen LogP contribution in [0.1, 0.15) is 46.5 Å². The molecule has 0 saturated carbocycles. The van der Waals surface area contributed by atoms with Crippen molar-refractivity contribution >= 4 is 23.4 Å². The number of carbonyl (C=O) groups excluding carboxylic acids is 2. The number of aliphatic hydroxyl groups is 2. The van der Waals surface area contributed by atoms with Gasteiger partial charge in [-0.05, 0) is 56.7 Å². The quantitative estimate of drug-likeness (QED) is 0.476. The van der Waals surface area contributed by atoms with Crippen LogP contribution in [0, 0.1) is 17.2 Å². The molecule has 8 nitrogen and oxygen atoms in total. The maximum absolute atomic E-state index is 12.2. The van der Waals surface area contributed by atoms with Crippen molar-refractivity contribution in [2.24, 2.45) is 5.92 Å². The molecular weight excluding hydrogens is 446 g/mol. The van der Waals surface area contributed by atoms with Crippen LogP contribution in [0.25, 0.3) is 0 Å². The molecule has 9 heteroatoms. The van der Waals surface area contributed by atoms with Crippen LogP contribution in [0.4, 0.5) is 0 Å². The summed E-state index contributed by atoms with van der Waals surface area (Å²) in [5, 5.41) is 31.1. The number of amides is 2. The summed E-state index contributed by atoms with van der Waals surface area (Å²) in [7, 11) is 0. The predicted molar refractivity (Wildman–Crippen MR) is 124 cm³/mol. The van der Waals surface area contributed by atoms with Crippen molar-refractivity contribution < 1.29 is 24.5 Å².